The molecule has 3 heteroatoms. The molecule has 4 aliphatic rings. The molecule has 22 heavy (non-hydrogen) atoms. The largest absolute Gasteiger partial charge is 0.395 e. The molecule has 124 valence electrons. The van der Waals surface area contributed by atoms with Gasteiger partial charge in [0.1, 0.15) is 6.17 Å². The van der Waals surface area contributed by atoms with Gasteiger partial charge in [-0.1, -0.05) is 18.6 Å². The first kappa shape index (κ1) is 15.1. The third kappa shape index (κ3) is 1.78. The molecule has 4 rings (SSSR count). The first-order valence-electron chi connectivity index (χ1n) is 9.15. The zero-order valence-electron chi connectivity index (χ0n) is 13.6. The van der Waals surface area contributed by atoms with Crippen LogP contribution in [0.2, 0.25) is 0 Å². The number of alkyl halides is 1. The number of aliphatic hydroxyl groups is 2. The van der Waals surface area contributed by atoms with Crippen molar-refractivity contribution >= 4 is 0 Å². The number of hydrogen-bond acceptors (Lipinski definition) is 2. The van der Waals surface area contributed by atoms with Gasteiger partial charge in [-0.25, -0.2) is 4.39 Å². The van der Waals surface area contributed by atoms with Crippen molar-refractivity contribution in [3.63, 3.8) is 0 Å². The zero-order chi connectivity index (χ0) is 15.5. The fourth-order valence-electron chi connectivity index (χ4n) is 6.77. The Hall–Kier alpha value is -0.410. The van der Waals surface area contributed by atoms with Gasteiger partial charge >= 0.3 is 0 Å². The number of aliphatic hydroxyl groups excluding tert-OH is 2. The quantitative estimate of drug-likeness (QED) is 0.726. The average Bonchev–Trinajstić information content (AvgIpc) is 2.78. The third-order valence-corrected chi connectivity index (χ3v) is 7.97. The van der Waals surface area contributed by atoms with Crippen molar-refractivity contribution in [2.75, 3.05) is 6.61 Å². The first-order chi connectivity index (χ1) is 10.5. The van der Waals surface area contributed by atoms with Gasteiger partial charge in [0.15, 0.2) is 0 Å². The minimum absolute atomic E-state index is 0.0259. The SMILES string of the molecule is C[C@]12CC[C@H]3[C@@H](CCC4=CCCC[C@@]43CO)[C@@H]1C[C@@H](F)[C@H]2O. The molecule has 0 unspecified atom stereocenters. The van der Waals surface area contributed by atoms with Gasteiger partial charge in [-0.15, -0.1) is 0 Å². The van der Waals surface area contributed by atoms with E-state index in [4.69, 9.17) is 0 Å². The Bertz CT molecular complexity index is 490. The Labute approximate surface area is 132 Å². The summed E-state index contributed by atoms with van der Waals surface area (Å²) in [5.74, 6) is 1.27. The second-order valence-corrected chi connectivity index (χ2v) is 8.59. The topological polar surface area (TPSA) is 40.5 Å². The zero-order valence-corrected chi connectivity index (χ0v) is 13.6. The molecule has 4 aliphatic carbocycles. The number of halogens is 1. The second kappa shape index (κ2) is 5.04. The maximum absolute atomic E-state index is 14.2. The summed E-state index contributed by atoms with van der Waals surface area (Å²) in [7, 11) is 0. The van der Waals surface area contributed by atoms with E-state index >= 15 is 0 Å². The predicted octanol–water partition coefficient (Wildman–Crippen LogP) is 3.62. The summed E-state index contributed by atoms with van der Waals surface area (Å²) in [5, 5.41) is 20.6. The molecular weight excluding hydrogens is 279 g/mol. The summed E-state index contributed by atoms with van der Waals surface area (Å²) < 4.78 is 14.2. The summed E-state index contributed by atoms with van der Waals surface area (Å²) in [5.41, 5.74) is 1.22. The van der Waals surface area contributed by atoms with E-state index in [0.717, 1.165) is 38.5 Å². The Balaban J connectivity index is 1.70. The van der Waals surface area contributed by atoms with Crippen LogP contribution in [0.5, 0.6) is 0 Å². The normalized spacial score (nSPS) is 54.2. The van der Waals surface area contributed by atoms with Crippen molar-refractivity contribution in [1.82, 2.24) is 0 Å². The van der Waals surface area contributed by atoms with Crippen molar-refractivity contribution < 1.29 is 14.6 Å². The van der Waals surface area contributed by atoms with Gasteiger partial charge in [0.2, 0.25) is 0 Å². The molecule has 0 aromatic rings. The van der Waals surface area contributed by atoms with Crippen molar-refractivity contribution in [3.8, 4) is 0 Å². The van der Waals surface area contributed by atoms with Crippen LogP contribution in [-0.2, 0) is 0 Å². The monoisotopic (exact) mass is 308 g/mol. The van der Waals surface area contributed by atoms with E-state index in [-0.39, 0.29) is 17.4 Å². The number of hydrogen-bond donors (Lipinski definition) is 2. The van der Waals surface area contributed by atoms with Gasteiger partial charge in [-0.05, 0) is 74.5 Å². The van der Waals surface area contributed by atoms with Crippen LogP contribution in [0.25, 0.3) is 0 Å². The summed E-state index contributed by atoms with van der Waals surface area (Å²) in [6.45, 7) is 2.36. The molecule has 0 spiro atoms. The van der Waals surface area contributed by atoms with Crippen LogP contribution in [0.1, 0.15) is 58.3 Å². The van der Waals surface area contributed by atoms with E-state index in [9.17, 15) is 14.6 Å². The Kier molecular flexibility index (Phi) is 3.47. The molecule has 3 saturated carbocycles. The number of allylic oxidation sites excluding steroid dienone is 1. The number of fused-ring (bicyclic) bond motifs is 5. The maximum Gasteiger partial charge on any atom is 0.127 e. The fourth-order valence-corrected chi connectivity index (χ4v) is 6.77. The van der Waals surface area contributed by atoms with E-state index in [0.29, 0.717) is 24.2 Å². The highest BCUT2D eigenvalue weighted by molar-refractivity contribution is 5.25. The minimum Gasteiger partial charge on any atom is -0.395 e. The van der Waals surface area contributed by atoms with Gasteiger partial charge in [0.05, 0.1) is 12.7 Å². The van der Waals surface area contributed by atoms with Gasteiger partial charge in [-0.2, -0.15) is 0 Å². The summed E-state index contributed by atoms with van der Waals surface area (Å²) in [6.07, 6.45) is 8.64. The van der Waals surface area contributed by atoms with E-state index in [1.165, 1.54) is 12.0 Å². The fraction of sp³-hybridized carbons (Fsp3) is 0.895. The lowest BCUT2D eigenvalue weighted by Crippen LogP contribution is -2.53. The average molecular weight is 308 g/mol. The summed E-state index contributed by atoms with van der Waals surface area (Å²) in [4.78, 5) is 0. The first-order valence-corrected chi connectivity index (χ1v) is 9.15. The van der Waals surface area contributed by atoms with Crippen LogP contribution >= 0.6 is 0 Å². The van der Waals surface area contributed by atoms with Crippen molar-refractivity contribution in [2.24, 2.45) is 28.6 Å². The van der Waals surface area contributed by atoms with E-state index < -0.39 is 12.3 Å². The highest BCUT2D eigenvalue weighted by Crippen LogP contribution is 2.65. The molecule has 0 aromatic carbocycles. The van der Waals surface area contributed by atoms with Crippen molar-refractivity contribution in [1.29, 1.82) is 0 Å². The molecule has 0 aromatic heterocycles. The molecule has 0 aliphatic heterocycles. The maximum atomic E-state index is 14.2. The molecular formula is C19H29FO2. The molecule has 0 bridgehead atoms. The van der Waals surface area contributed by atoms with Gasteiger partial charge in [0, 0.05) is 5.41 Å². The van der Waals surface area contributed by atoms with Crippen LogP contribution in [0.4, 0.5) is 4.39 Å². The summed E-state index contributed by atoms with van der Waals surface area (Å²) in [6, 6.07) is 0. The lowest BCUT2D eigenvalue weighted by Gasteiger charge is -2.58. The van der Waals surface area contributed by atoms with Crippen molar-refractivity contribution in [3.05, 3.63) is 11.6 Å². The Morgan fingerprint density at radius 2 is 2.09 bits per heavy atom. The highest BCUT2D eigenvalue weighted by atomic mass is 19.1. The van der Waals surface area contributed by atoms with E-state index in [1.54, 1.807) is 0 Å². The molecule has 0 saturated heterocycles. The Morgan fingerprint density at radius 1 is 1.27 bits per heavy atom. The molecule has 2 N–H and O–H groups in total. The van der Waals surface area contributed by atoms with Crippen LogP contribution in [-0.4, -0.2) is 29.1 Å². The molecule has 2 nitrogen and oxygen atoms in total. The van der Waals surface area contributed by atoms with Gasteiger partial charge in [-0.3, -0.25) is 0 Å². The van der Waals surface area contributed by atoms with Gasteiger partial charge < -0.3 is 10.2 Å². The summed E-state index contributed by atoms with van der Waals surface area (Å²) >= 11 is 0. The van der Waals surface area contributed by atoms with Crippen LogP contribution < -0.4 is 0 Å². The van der Waals surface area contributed by atoms with Crippen LogP contribution in [0.15, 0.2) is 11.6 Å². The third-order valence-electron chi connectivity index (χ3n) is 7.97. The molecule has 0 heterocycles. The Morgan fingerprint density at radius 3 is 2.86 bits per heavy atom. The van der Waals surface area contributed by atoms with Gasteiger partial charge in [0.25, 0.3) is 0 Å². The minimum atomic E-state index is -1.05. The van der Waals surface area contributed by atoms with Crippen LogP contribution in [0.3, 0.4) is 0 Å². The standard InChI is InChI=1S/C19H29FO2/c1-18-9-7-14-13(15(18)10-16(20)17(18)22)6-5-12-4-2-3-8-19(12,14)11-21/h4,13-17,21-22H,2-3,5-11H2,1H3/t13-,14+,15+,16-,17-,18+,19-/m1/s1. The molecule has 0 radical (unpaired) electrons. The van der Waals surface area contributed by atoms with E-state index in [1.807, 2.05) is 0 Å². The van der Waals surface area contributed by atoms with E-state index in [2.05, 4.69) is 13.0 Å². The molecule has 3 fully saturated rings. The predicted molar refractivity (Wildman–Crippen MR) is 84.0 cm³/mol. The lowest BCUT2D eigenvalue weighted by atomic mass is 9.47. The molecule has 7 atom stereocenters. The smallest absolute Gasteiger partial charge is 0.127 e. The highest BCUT2D eigenvalue weighted by Gasteiger charge is 2.62. The lowest BCUT2D eigenvalue weighted by molar-refractivity contribution is -0.0935. The van der Waals surface area contributed by atoms with Crippen molar-refractivity contribution in [2.45, 2.75) is 70.6 Å². The van der Waals surface area contributed by atoms with Crippen LogP contribution in [0, 0.1) is 28.6 Å². The number of rotatable bonds is 1. The molecule has 0 amide bonds. The second-order valence-electron chi connectivity index (χ2n) is 8.59.